The molecule has 3 fully saturated rings. The molecule has 1 spiro atoms. The highest BCUT2D eigenvalue weighted by Crippen LogP contribution is 2.42. The summed E-state index contributed by atoms with van der Waals surface area (Å²) in [6.45, 7) is 4.32. The molecular weight excluding hydrogens is 392 g/mol. The number of hydrogen-bond acceptors (Lipinski definition) is 7. The number of anilines is 2. The predicted molar refractivity (Wildman–Crippen MR) is 119 cm³/mol. The second-order valence-electron chi connectivity index (χ2n) is 9.37. The monoisotopic (exact) mass is 420 g/mol. The highest BCUT2D eigenvalue weighted by atomic mass is 16.5. The van der Waals surface area contributed by atoms with Gasteiger partial charge in [0.1, 0.15) is 23.5 Å². The van der Waals surface area contributed by atoms with Crippen LogP contribution in [0.3, 0.4) is 0 Å². The van der Waals surface area contributed by atoms with E-state index in [1.807, 2.05) is 30.1 Å². The zero-order valence-corrected chi connectivity index (χ0v) is 18.0. The van der Waals surface area contributed by atoms with Gasteiger partial charge in [0.05, 0.1) is 16.8 Å². The molecule has 1 unspecified atom stereocenters. The first-order valence-electron chi connectivity index (χ1n) is 10.8. The molecule has 8 heteroatoms. The largest absolute Gasteiger partial charge is 0.488 e. The molecule has 162 valence electrons. The van der Waals surface area contributed by atoms with Gasteiger partial charge >= 0.3 is 0 Å². The van der Waals surface area contributed by atoms with E-state index in [1.54, 1.807) is 6.07 Å². The average molecular weight is 421 g/mol. The van der Waals surface area contributed by atoms with E-state index in [9.17, 15) is 4.79 Å². The minimum Gasteiger partial charge on any atom is -0.488 e. The van der Waals surface area contributed by atoms with Crippen molar-refractivity contribution < 1.29 is 9.53 Å². The Kier molecular flexibility index (Phi) is 4.42. The van der Waals surface area contributed by atoms with Gasteiger partial charge in [0, 0.05) is 44.0 Å². The molecular formula is C23H28N6O2. The van der Waals surface area contributed by atoms with Gasteiger partial charge in [0.25, 0.3) is 0 Å². The first kappa shape index (κ1) is 19.8. The van der Waals surface area contributed by atoms with Gasteiger partial charge < -0.3 is 20.3 Å². The van der Waals surface area contributed by atoms with E-state index in [2.05, 4.69) is 21.8 Å². The van der Waals surface area contributed by atoms with Gasteiger partial charge in [-0.1, -0.05) is 0 Å². The van der Waals surface area contributed by atoms with E-state index in [0.717, 1.165) is 44.6 Å². The number of ether oxygens (including phenoxy) is 1. The molecule has 3 heterocycles. The quantitative estimate of drug-likeness (QED) is 0.568. The Morgan fingerprint density at radius 3 is 2.65 bits per heavy atom. The maximum Gasteiger partial charge on any atom is 0.230 e. The van der Waals surface area contributed by atoms with Crippen LogP contribution < -0.4 is 15.4 Å². The molecule has 2 aromatic rings. The van der Waals surface area contributed by atoms with Crippen LogP contribution in [0.5, 0.6) is 5.75 Å². The molecule has 5 rings (SSSR count). The van der Waals surface area contributed by atoms with Crippen molar-refractivity contribution in [3.05, 3.63) is 41.9 Å². The highest BCUT2D eigenvalue weighted by molar-refractivity contribution is 6.13. The van der Waals surface area contributed by atoms with Gasteiger partial charge in [-0.3, -0.25) is 10.2 Å². The van der Waals surface area contributed by atoms with Crippen LogP contribution in [-0.4, -0.2) is 58.8 Å². The number of rotatable bonds is 5. The third kappa shape index (κ3) is 3.49. The van der Waals surface area contributed by atoms with E-state index >= 15 is 0 Å². The average Bonchev–Trinajstić information content (AvgIpc) is 3.22. The molecule has 1 amide bonds. The van der Waals surface area contributed by atoms with Crippen molar-refractivity contribution >= 4 is 23.1 Å². The van der Waals surface area contributed by atoms with Crippen LogP contribution in [0.2, 0.25) is 0 Å². The lowest BCUT2D eigenvalue weighted by molar-refractivity contribution is -0.134. The Morgan fingerprint density at radius 2 is 1.94 bits per heavy atom. The van der Waals surface area contributed by atoms with Gasteiger partial charge in [-0.25, -0.2) is 9.97 Å². The summed E-state index contributed by atoms with van der Waals surface area (Å²) >= 11 is 0. The molecule has 3 N–H and O–H groups in total. The molecule has 1 aromatic carbocycles. The standard InChI is InChI=1S/C23H28N6O2/c1-22(5-6-22)31-15-3-4-17(24)16(11-15)20(25)18-12-19(27-14-26-18)29-10-8-23(13-29)7-9-28(2)21(23)30/h3-4,11-12,14,25H,5-10,13,24H2,1-2H3. The minimum atomic E-state index is -0.303. The summed E-state index contributed by atoms with van der Waals surface area (Å²) in [5.74, 6) is 1.69. The number of likely N-dealkylation sites (tertiary alicyclic amines) is 1. The van der Waals surface area contributed by atoms with Gasteiger partial charge in [-0.15, -0.1) is 0 Å². The third-order valence-corrected chi connectivity index (χ3v) is 6.93. The van der Waals surface area contributed by atoms with Crippen molar-refractivity contribution in [2.75, 3.05) is 37.3 Å². The SMILES string of the molecule is CN1CCC2(CCN(c3cc(C(=N)c4cc(OC5(C)CC5)ccc4N)ncn3)C2)C1=O. The van der Waals surface area contributed by atoms with Crippen LogP contribution in [0, 0.1) is 10.8 Å². The van der Waals surface area contributed by atoms with Gasteiger partial charge in [-0.2, -0.15) is 0 Å². The molecule has 1 saturated carbocycles. The molecule has 1 atom stereocenters. The number of nitrogens with two attached hydrogens (primary N) is 1. The number of carbonyl (C=O) groups is 1. The molecule has 1 aromatic heterocycles. The second-order valence-corrected chi connectivity index (χ2v) is 9.37. The Balaban J connectivity index is 1.38. The van der Waals surface area contributed by atoms with Gasteiger partial charge in [0.2, 0.25) is 5.91 Å². The van der Waals surface area contributed by atoms with Crippen LogP contribution in [0.15, 0.2) is 30.6 Å². The van der Waals surface area contributed by atoms with E-state index in [1.165, 1.54) is 6.33 Å². The summed E-state index contributed by atoms with van der Waals surface area (Å²) in [6.07, 6.45) is 5.27. The number of amides is 1. The lowest BCUT2D eigenvalue weighted by Crippen LogP contribution is -2.35. The van der Waals surface area contributed by atoms with Crippen LogP contribution in [-0.2, 0) is 4.79 Å². The van der Waals surface area contributed by atoms with Crippen molar-refractivity contribution in [2.45, 2.75) is 38.2 Å². The van der Waals surface area contributed by atoms with Crippen molar-refractivity contribution in [3.63, 3.8) is 0 Å². The van der Waals surface area contributed by atoms with Crippen LogP contribution in [0.25, 0.3) is 0 Å². The smallest absolute Gasteiger partial charge is 0.230 e. The normalized spacial score (nSPS) is 24.1. The fourth-order valence-electron chi connectivity index (χ4n) is 4.61. The third-order valence-electron chi connectivity index (χ3n) is 6.93. The summed E-state index contributed by atoms with van der Waals surface area (Å²) in [5.41, 5.74) is 7.62. The van der Waals surface area contributed by atoms with E-state index in [4.69, 9.17) is 15.9 Å². The Bertz CT molecular complexity index is 1070. The van der Waals surface area contributed by atoms with Crippen LogP contribution >= 0.6 is 0 Å². The Morgan fingerprint density at radius 1 is 1.16 bits per heavy atom. The first-order valence-corrected chi connectivity index (χ1v) is 10.8. The minimum absolute atomic E-state index is 0.102. The molecule has 31 heavy (non-hydrogen) atoms. The number of nitrogens with zero attached hydrogens (tertiary/aromatic N) is 4. The predicted octanol–water partition coefficient (Wildman–Crippen LogP) is 2.46. The maximum atomic E-state index is 12.6. The van der Waals surface area contributed by atoms with E-state index in [0.29, 0.717) is 29.2 Å². The van der Waals surface area contributed by atoms with Crippen LogP contribution in [0.4, 0.5) is 11.5 Å². The topological polar surface area (TPSA) is 108 Å². The van der Waals surface area contributed by atoms with Gasteiger partial charge in [-0.05, 0) is 50.8 Å². The lowest BCUT2D eigenvalue weighted by Gasteiger charge is -2.23. The number of hydrogen-bond donors (Lipinski definition) is 2. The Hall–Kier alpha value is -3.16. The van der Waals surface area contributed by atoms with Crippen LogP contribution in [0.1, 0.15) is 43.9 Å². The summed E-state index contributed by atoms with van der Waals surface area (Å²) in [5, 5.41) is 8.74. The highest BCUT2D eigenvalue weighted by Gasteiger charge is 2.50. The number of carbonyl (C=O) groups excluding carboxylic acids is 1. The Labute approximate surface area is 181 Å². The molecule has 3 aliphatic rings. The fraction of sp³-hybridized carbons (Fsp3) is 0.478. The van der Waals surface area contributed by atoms with Gasteiger partial charge in [0.15, 0.2) is 0 Å². The second kappa shape index (κ2) is 6.93. The van der Waals surface area contributed by atoms with Crippen molar-refractivity contribution in [1.82, 2.24) is 14.9 Å². The lowest BCUT2D eigenvalue weighted by atomic mass is 9.86. The summed E-state index contributed by atoms with van der Waals surface area (Å²) in [7, 11) is 1.87. The van der Waals surface area contributed by atoms with E-state index < -0.39 is 0 Å². The molecule has 8 nitrogen and oxygen atoms in total. The summed E-state index contributed by atoms with van der Waals surface area (Å²) in [6, 6.07) is 7.26. The maximum absolute atomic E-state index is 12.6. The summed E-state index contributed by atoms with van der Waals surface area (Å²) < 4.78 is 6.04. The zero-order valence-electron chi connectivity index (χ0n) is 18.0. The number of nitrogen functional groups attached to an aromatic ring is 1. The number of benzene rings is 1. The molecule has 2 aliphatic heterocycles. The molecule has 0 bridgehead atoms. The van der Waals surface area contributed by atoms with E-state index in [-0.39, 0.29) is 22.6 Å². The molecule has 2 saturated heterocycles. The molecule has 1 aliphatic carbocycles. The number of nitrogens with one attached hydrogen (secondary N) is 1. The number of aromatic nitrogens is 2. The van der Waals surface area contributed by atoms with Crippen molar-refractivity contribution in [1.29, 1.82) is 5.41 Å². The van der Waals surface area contributed by atoms with Crippen molar-refractivity contribution in [3.8, 4) is 5.75 Å². The zero-order chi connectivity index (χ0) is 21.8. The fourth-order valence-corrected chi connectivity index (χ4v) is 4.61. The summed E-state index contributed by atoms with van der Waals surface area (Å²) in [4.78, 5) is 25.4. The van der Waals surface area contributed by atoms with Crippen molar-refractivity contribution in [2.24, 2.45) is 5.41 Å². The first-order chi connectivity index (χ1) is 14.8. The molecule has 0 radical (unpaired) electrons.